The van der Waals surface area contributed by atoms with Crippen LogP contribution in [0.1, 0.15) is 13.3 Å². The molecule has 0 aromatic heterocycles. The first-order valence-corrected chi connectivity index (χ1v) is 2.13. The van der Waals surface area contributed by atoms with Gasteiger partial charge in [0, 0.05) is 6.42 Å². The van der Waals surface area contributed by atoms with Crippen LogP contribution in [0.4, 0.5) is 4.79 Å². The number of primary amides is 2. The number of nitrogens with two attached hydrogens (primary N) is 2. The van der Waals surface area contributed by atoms with E-state index < -0.39 is 6.03 Å². The fourth-order valence-electron chi connectivity index (χ4n) is 0. The molecule has 2 amide bonds. The number of hydrogen-bond acceptors (Lipinski definition) is 1. The van der Waals surface area contributed by atoms with Crippen molar-refractivity contribution in [3.05, 3.63) is 0 Å². The number of hydrogen-bond donors (Lipinski definition) is 2. The lowest BCUT2D eigenvalue weighted by molar-refractivity contribution is 0.256. The first-order valence-electron chi connectivity index (χ1n) is 2.13. The number of terminal acetylenes is 1. The zero-order valence-corrected chi connectivity index (χ0v) is 4.85. The maximum Gasteiger partial charge on any atom is 0.309 e. The summed E-state index contributed by atoms with van der Waals surface area (Å²) in [5.74, 6) is 2.43. The fourth-order valence-corrected chi connectivity index (χ4v) is 0. The average molecular weight is 114 g/mol. The van der Waals surface area contributed by atoms with Crippen LogP contribution in [0.2, 0.25) is 0 Å². The van der Waals surface area contributed by atoms with Crippen LogP contribution < -0.4 is 11.5 Å². The van der Waals surface area contributed by atoms with Crippen LogP contribution in [0.25, 0.3) is 0 Å². The van der Waals surface area contributed by atoms with Gasteiger partial charge in [0.2, 0.25) is 0 Å². The molecule has 0 saturated carbocycles. The Morgan fingerprint density at radius 3 is 1.88 bits per heavy atom. The second kappa shape index (κ2) is 9.27. The van der Waals surface area contributed by atoms with E-state index in [1.54, 1.807) is 0 Å². The van der Waals surface area contributed by atoms with E-state index in [1.807, 2.05) is 6.92 Å². The predicted molar refractivity (Wildman–Crippen MR) is 32.9 cm³/mol. The van der Waals surface area contributed by atoms with Crippen molar-refractivity contribution in [3.8, 4) is 12.3 Å². The highest BCUT2D eigenvalue weighted by Gasteiger charge is 1.60. The van der Waals surface area contributed by atoms with Crippen LogP contribution in [-0.4, -0.2) is 6.03 Å². The Bertz CT molecular complexity index is 89.1. The maximum absolute atomic E-state index is 9.00. The molecule has 0 aliphatic rings. The largest absolute Gasteiger partial charge is 0.352 e. The van der Waals surface area contributed by atoms with Crippen molar-refractivity contribution in [2.75, 3.05) is 0 Å². The Kier molecular flexibility index (Phi) is 11.5. The van der Waals surface area contributed by atoms with Crippen molar-refractivity contribution in [2.45, 2.75) is 13.3 Å². The highest BCUT2D eigenvalue weighted by molar-refractivity contribution is 5.69. The van der Waals surface area contributed by atoms with Crippen molar-refractivity contribution in [2.24, 2.45) is 11.5 Å². The van der Waals surface area contributed by atoms with E-state index in [2.05, 4.69) is 17.4 Å². The minimum Gasteiger partial charge on any atom is -0.352 e. The third-order valence-electron chi connectivity index (χ3n) is 0.204. The second-order valence-corrected chi connectivity index (χ2v) is 0.960. The summed E-state index contributed by atoms with van der Waals surface area (Å²) in [4.78, 5) is 9.00. The first-order chi connectivity index (χ1) is 3.65. The summed E-state index contributed by atoms with van der Waals surface area (Å²) in [6, 6.07) is -0.833. The number of urea groups is 1. The fraction of sp³-hybridized carbons (Fsp3) is 0.400. The second-order valence-electron chi connectivity index (χ2n) is 0.960. The Labute approximate surface area is 49.0 Å². The van der Waals surface area contributed by atoms with Gasteiger partial charge in [-0.05, 0) is 0 Å². The Hall–Kier alpha value is -1.17. The molecule has 3 nitrogen and oxygen atoms in total. The molecule has 0 heterocycles. The molecular weight excluding hydrogens is 104 g/mol. The lowest BCUT2D eigenvalue weighted by atomic mass is 10.5. The minimum absolute atomic E-state index is 0.833. The van der Waals surface area contributed by atoms with Gasteiger partial charge in [-0.3, -0.25) is 0 Å². The van der Waals surface area contributed by atoms with E-state index in [1.165, 1.54) is 0 Å². The molecule has 0 rings (SSSR count). The van der Waals surface area contributed by atoms with Gasteiger partial charge in [0.15, 0.2) is 0 Å². The topological polar surface area (TPSA) is 69.1 Å². The molecule has 4 N–H and O–H groups in total. The molecule has 0 radical (unpaired) electrons. The minimum atomic E-state index is -0.833. The van der Waals surface area contributed by atoms with E-state index in [4.69, 9.17) is 11.2 Å². The molecule has 0 saturated heterocycles. The van der Waals surface area contributed by atoms with Crippen LogP contribution in [-0.2, 0) is 0 Å². The quantitative estimate of drug-likeness (QED) is 0.429. The summed E-state index contributed by atoms with van der Waals surface area (Å²) in [6.45, 7) is 1.94. The van der Waals surface area contributed by atoms with E-state index in [9.17, 15) is 0 Å². The van der Waals surface area contributed by atoms with Gasteiger partial charge >= 0.3 is 6.03 Å². The molecule has 46 valence electrons. The van der Waals surface area contributed by atoms with Gasteiger partial charge in [0.25, 0.3) is 0 Å². The van der Waals surface area contributed by atoms with E-state index in [-0.39, 0.29) is 0 Å². The molecule has 8 heavy (non-hydrogen) atoms. The molecule has 0 aliphatic heterocycles. The van der Waals surface area contributed by atoms with Crippen LogP contribution in [0, 0.1) is 12.3 Å². The third-order valence-corrected chi connectivity index (χ3v) is 0.204. The molecule has 0 bridgehead atoms. The molecular formula is C5H10N2O. The van der Waals surface area contributed by atoms with Crippen molar-refractivity contribution in [1.82, 2.24) is 0 Å². The van der Waals surface area contributed by atoms with E-state index in [0.29, 0.717) is 0 Å². The van der Waals surface area contributed by atoms with Gasteiger partial charge < -0.3 is 11.5 Å². The molecule has 0 aromatic rings. The van der Waals surface area contributed by atoms with Gasteiger partial charge in [-0.15, -0.1) is 12.3 Å². The molecule has 0 atom stereocenters. The molecule has 0 aromatic carbocycles. The SMILES string of the molecule is C#CCC.NC(N)=O. The Morgan fingerprint density at radius 2 is 1.88 bits per heavy atom. The van der Waals surface area contributed by atoms with Gasteiger partial charge in [0.05, 0.1) is 0 Å². The summed E-state index contributed by atoms with van der Waals surface area (Å²) in [5.41, 5.74) is 8.50. The summed E-state index contributed by atoms with van der Waals surface area (Å²) < 4.78 is 0. The van der Waals surface area contributed by atoms with Crippen LogP contribution in [0.15, 0.2) is 0 Å². The van der Waals surface area contributed by atoms with Crippen molar-refractivity contribution in [3.63, 3.8) is 0 Å². The lowest BCUT2D eigenvalue weighted by Gasteiger charge is -1.62. The number of rotatable bonds is 0. The summed E-state index contributed by atoms with van der Waals surface area (Å²) in [6.07, 6.45) is 5.62. The zero-order valence-electron chi connectivity index (χ0n) is 4.85. The Morgan fingerprint density at radius 1 is 1.75 bits per heavy atom. The zero-order chi connectivity index (χ0) is 6.99. The van der Waals surface area contributed by atoms with Crippen LogP contribution in [0.3, 0.4) is 0 Å². The lowest BCUT2D eigenvalue weighted by Crippen LogP contribution is -2.18. The molecule has 0 fully saturated rings. The summed E-state index contributed by atoms with van der Waals surface area (Å²) >= 11 is 0. The highest BCUT2D eigenvalue weighted by atomic mass is 16.2. The predicted octanol–water partition coefficient (Wildman–Crippen LogP) is 0.0534. The van der Waals surface area contributed by atoms with E-state index >= 15 is 0 Å². The van der Waals surface area contributed by atoms with Gasteiger partial charge in [0.1, 0.15) is 0 Å². The smallest absolute Gasteiger partial charge is 0.309 e. The summed E-state index contributed by atoms with van der Waals surface area (Å²) in [7, 11) is 0. The van der Waals surface area contributed by atoms with Crippen molar-refractivity contribution >= 4 is 6.03 Å². The first kappa shape index (κ1) is 9.95. The van der Waals surface area contributed by atoms with Crippen LogP contribution >= 0.6 is 0 Å². The number of amides is 2. The van der Waals surface area contributed by atoms with Crippen LogP contribution in [0.5, 0.6) is 0 Å². The monoisotopic (exact) mass is 114 g/mol. The highest BCUT2D eigenvalue weighted by Crippen LogP contribution is 1.58. The van der Waals surface area contributed by atoms with Gasteiger partial charge in [-0.25, -0.2) is 4.79 Å². The Balaban J connectivity index is 0. The van der Waals surface area contributed by atoms with E-state index in [0.717, 1.165) is 6.42 Å². The van der Waals surface area contributed by atoms with Gasteiger partial charge in [-0.2, -0.15) is 0 Å². The normalized spacial score (nSPS) is 5.50. The maximum atomic E-state index is 9.00. The summed E-state index contributed by atoms with van der Waals surface area (Å²) in [5, 5.41) is 0. The standard InChI is InChI=1S/C4H6.CH4N2O/c1-3-4-2;2-1(3)4/h1H,4H2,2H3;(H4,2,3,4). The molecule has 0 unspecified atom stereocenters. The third kappa shape index (κ3) is 2450. The number of carbonyl (C=O) groups excluding carboxylic acids is 1. The van der Waals surface area contributed by atoms with Crippen molar-refractivity contribution in [1.29, 1.82) is 0 Å². The molecule has 3 heteroatoms. The average Bonchev–Trinajstić information content (AvgIpc) is 1.65. The van der Waals surface area contributed by atoms with Crippen molar-refractivity contribution < 1.29 is 4.79 Å². The molecule has 0 aliphatic carbocycles. The van der Waals surface area contributed by atoms with Gasteiger partial charge in [-0.1, -0.05) is 6.92 Å². The molecule has 0 spiro atoms. The number of carbonyl (C=O) groups is 1.